The van der Waals surface area contributed by atoms with Gasteiger partial charge in [-0.2, -0.15) is 13.2 Å². The van der Waals surface area contributed by atoms with E-state index in [9.17, 15) is 13.2 Å². The summed E-state index contributed by atoms with van der Waals surface area (Å²) in [5.74, 6) is 5.31. The van der Waals surface area contributed by atoms with Gasteiger partial charge in [-0.05, 0) is 29.8 Å². The molecule has 0 aliphatic heterocycles. The van der Waals surface area contributed by atoms with Gasteiger partial charge in [0.1, 0.15) is 11.6 Å². The fourth-order valence-electron chi connectivity index (χ4n) is 1.79. The van der Waals surface area contributed by atoms with E-state index < -0.39 is 11.7 Å². The smallest absolute Gasteiger partial charge is 0.355 e. The van der Waals surface area contributed by atoms with Crippen molar-refractivity contribution in [3.8, 4) is 0 Å². The van der Waals surface area contributed by atoms with Crippen molar-refractivity contribution in [1.82, 2.24) is 9.97 Å². The van der Waals surface area contributed by atoms with Crippen LogP contribution in [-0.4, -0.2) is 17.0 Å². The van der Waals surface area contributed by atoms with Crippen LogP contribution >= 0.6 is 0 Å². The highest BCUT2D eigenvalue weighted by molar-refractivity contribution is 5.50. The van der Waals surface area contributed by atoms with E-state index in [0.29, 0.717) is 6.54 Å². The van der Waals surface area contributed by atoms with Crippen molar-refractivity contribution >= 4 is 11.6 Å². The molecule has 2 heterocycles. The normalized spacial score (nSPS) is 11.3. The van der Waals surface area contributed by atoms with Gasteiger partial charge < -0.3 is 10.3 Å². The zero-order chi connectivity index (χ0) is 15.5. The summed E-state index contributed by atoms with van der Waals surface area (Å²) in [7, 11) is 1.66. The molecule has 112 valence electrons. The molecule has 3 N–H and O–H groups in total. The molecular weight excluding hydrogens is 283 g/mol. The Morgan fingerprint density at radius 1 is 1.24 bits per heavy atom. The molecule has 0 fully saturated rings. The first kappa shape index (κ1) is 15.0. The Morgan fingerprint density at radius 3 is 2.48 bits per heavy atom. The fourth-order valence-corrected chi connectivity index (χ4v) is 1.79. The average molecular weight is 297 g/mol. The molecular formula is C13H14F3N5. The fraction of sp³-hybridized carbons (Fsp3) is 0.231. The minimum atomic E-state index is -4.46. The van der Waals surface area contributed by atoms with Crippen LogP contribution in [0.3, 0.4) is 0 Å². The van der Waals surface area contributed by atoms with Gasteiger partial charge in [0.2, 0.25) is 0 Å². The van der Waals surface area contributed by atoms with Gasteiger partial charge in [-0.1, -0.05) is 0 Å². The summed E-state index contributed by atoms with van der Waals surface area (Å²) < 4.78 is 38.6. The van der Waals surface area contributed by atoms with E-state index in [0.717, 1.165) is 17.7 Å². The average Bonchev–Trinajstić information content (AvgIpc) is 2.46. The van der Waals surface area contributed by atoms with Crippen LogP contribution in [0.4, 0.5) is 24.8 Å². The maximum atomic E-state index is 12.9. The number of anilines is 2. The monoisotopic (exact) mass is 297 g/mol. The number of aromatic nitrogens is 2. The zero-order valence-electron chi connectivity index (χ0n) is 11.2. The van der Waals surface area contributed by atoms with Crippen LogP contribution in [0.2, 0.25) is 0 Å². The first-order chi connectivity index (χ1) is 9.90. The summed E-state index contributed by atoms with van der Waals surface area (Å²) in [5.41, 5.74) is 2.26. The number of nitrogens with one attached hydrogen (secondary N) is 1. The van der Waals surface area contributed by atoms with Crippen molar-refractivity contribution in [2.24, 2.45) is 5.84 Å². The Kier molecular flexibility index (Phi) is 4.27. The van der Waals surface area contributed by atoms with Crippen LogP contribution < -0.4 is 16.2 Å². The summed E-state index contributed by atoms with van der Waals surface area (Å²) in [5, 5.41) is 0. The first-order valence-corrected chi connectivity index (χ1v) is 6.06. The molecule has 0 aromatic carbocycles. The van der Waals surface area contributed by atoms with Gasteiger partial charge in [-0.15, -0.1) is 0 Å². The number of nitrogens with zero attached hydrogens (tertiary/aromatic N) is 3. The third-order valence-corrected chi connectivity index (χ3v) is 2.85. The number of halogens is 3. The summed E-state index contributed by atoms with van der Waals surface area (Å²) >= 11 is 0. The highest BCUT2D eigenvalue weighted by Gasteiger charge is 2.32. The molecule has 2 aromatic rings. The number of alkyl halides is 3. The van der Waals surface area contributed by atoms with Gasteiger partial charge in [0.05, 0.1) is 5.56 Å². The topological polar surface area (TPSA) is 67.1 Å². The summed E-state index contributed by atoms with van der Waals surface area (Å²) in [4.78, 5) is 9.53. The lowest BCUT2D eigenvalue weighted by Crippen LogP contribution is -2.20. The maximum Gasteiger partial charge on any atom is 0.416 e. The Bertz CT molecular complexity index is 601. The standard InChI is InChI=1S/C13H14F3N5/c1-21(8-9-2-4-18-5-3-9)12-7-10(13(14,15)16)6-11(19-12)20-17/h2-7H,8,17H2,1H3,(H,19,20). The molecule has 0 atom stereocenters. The molecule has 0 unspecified atom stereocenters. The molecule has 5 nitrogen and oxygen atoms in total. The second-order valence-corrected chi connectivity index (χ2v) is 4.45. The Morgan fingerprint density at radius 2 is 1.90 bits per heavy atom. The van der Waals surface area contributed by atoms with E-state index in [1.165, 1.54) is 0 Å². The van der Waals surface area contributed by atoms with Crippen LogP contribution in [0.1, 0.15) is 11.1 Å². The maximum absolute atomic E-state index is 12.9. The number of rotatable bonds is 4. The number of pyridine rings is 2. The summed E-state index contributed by atoms with van der Waals surface area (Å²) in [6.45, 7) is 0.404. The predicted octanol–water partition coefficient (Wildman–Crippen LogP) is 2.42. The molecule has 0 amide bonds. The SMILES string of the molecule is CN(Cc1ccncc1)c1cc(C(F)(F)F)cc(NN)n1. The molecule has 0 aliphatic carbocycles. The summed E-state index contributed by atoms with van der Waals surface area (Å²) in [6, 6.07) is 5.42. The Labute approximate surface area is 119 Å². The van der Waals surface area contributed by atoms with Crippen molar-refractivity contribution in [2.45, 2.75) is 12.7 Å². The van der Waals surface area contributed by atoms with E-state index in [1.807, 2.05) is 0 Å². The Balaban J connectivity index is 2.30. The summed E-state index contributed by atoms with van der Waals surface area (Å²) in [6.07, 6.45) is -1.22. The largest absolute Gasteiger partial charge is 0.416 e. The van der Waals surface area contributed by atoms with Crippen LogP contribution in [0.25, 0.3) is 0 Å². The third-order valence-electron chi connectivity index (χ3n) is 2.85. The molecule has 0 spiro atoms. The van der Waals surface area contributed by atoms with Crippen molar-refractivity contribution in [3.05, 3.63) is 47.8 Å². The lowest BCUT2D eigenvalue weighted by atomic mass is 10.2. The van der Waals surface area contributed by atoms with Gasteiger partial charge in [0.15, 0.2) is 0 Å². The van der Waals surface area contributed by atoms with Crippen LogP contribution in [-0.2, 0) is 12.7 Å². The molecule has 0 saturated carbocycles. The number of hydrogen-bond acceptors (Lipinski definition) is 5. The lowest BCUT2D eigenvalue weighted by Gasteiger charge is -2.20. The second kappa shape index (κ2) is 5.96. The molecule has 0 aliphatic rings. The van der Waals surface area contributed by atoms with Crippen molar-refractivity contribution < 1.29 is 13.2 Å². The van der Waals surface area contributed by atoms with Crippen molar-refractivity contribution in [3.63, 3.8) is 0 Å². The number of hydrazine groups is 1. The van der Waals surface area contributed by atoms with Crippen LogP contribution in [0, 0.1) is 0 Å². The van der Waals surface area contributed by atoms with Gasteiger partial charge in [0, 0.05) is 26.0 Å². The quantitative estimate of drug-likeness (QED) is 0.670. The van der Waals surface area contributed by atoms with Crippen LogP contribution in [0.15, 0.2) is 36.7 Å². The minimum absolute atomic E-state index is 0.0404. The number of nitrogens with two attached hydrogens (primary N) is 1. The van der Waals surface area contributed by atoms with E-state index in [1.54, 1.807) is 36.5 Å². The van der Waals surface area contributed by atoms with E-state index in [4.69, 9.17) is 5.84 Å². The molecule has 0 radical (unpaired) electrons. The molecule has 0 bridgehead atoms. The predicted molar refractivity (Wildman–Crippen MR) is 73.4 cm³/mol. The molecule has 2 rings (SSSR count). The van der Waals surface area contributed by atoms with Gasteiger partial charge in [-0.25, -0.2) is 10.8 Å². The second-order valence-electron chi connectivity index (χ2n) is 4.45. The van der Waals surface area contributed by atoms with Gasteiger partial charge >= 0.3 is 6.18 Å². The molecule has 8 heteroatoms. The highest BCUT2D eigenvalue weighted by atomic mass is 19.4. The highest BCUT2D eigenvalue weighted by Crippen LogP contribution is 2.32. The third kappa shape index (κ3) is 3.82. The zero-order valence-corrected chi connectivity index (χ0v) is 11.2. The van der Waals surface area contributed by atoms with Gasteiger partial charge in [-0.3, -0.25) is 4.98 Å². The lowest BCUT2D eigenvalue weighted by molar-refractivity contribution is -0.137. The molecule has 2 aromatic heterocycles. The van der Waals surface area contributed by atoms with E-state index >= 15 is 0 Å². The van der Waals surface area contributed by atoms with E-state index in [2.05, 4.69) is 15.4 Å². The number of hydrogen-bond donors (Lipinski definition) is 2. The molecule has 21 heavy (non-hydrogen) atoms. The minimum Gasteiger partial charge on any atom is -0.355 e. The van der Waals surface area contributed by atoms with Crippen molar-refractivity contribution in [2.75, 3.05) is 17.4 Å². The number of nitrogen functional groups attached to an aromatic ring is 1. The van der Waals surface area contributed by atoms with Gasteiger partial charge in [0.25, 0.3) is 0 Å². The molecule has 0 saturated heterocycles. The first-order valence-electron chi connectivity index (χ1n) is 6.06. The van der Waals surface area contributed by atoms with Crippen molar-refractivity contribution in [1.29, 1.82) is 0 Å². The Hall–Kier alpha value is -2.35. The van der Waals surface area contributed by atoms with E-state index in [-0.39, 0.29) is 11.6 Å². The van der Waals surface area contributed by atoms with Crippen LogP contribution in [0.5, 0.6) is 0 Å².